The largest absolute Gasteiger partial charge is 0.389 e. The molecular formula is C12H16ClNO3. The van der Waals surface area contributed by atoms with Crippen LogP contribution in [0.4, 0.5) is 5.69 Å². The molecule has 1 rings (SSSR count). The molecule has 0 saturated heterocycles. The average molecular weight is 258 g/mol. The number of aliphatic hydroxyl groups is 1. The Bertz CT molecular complexity index is 384. The highest BCUT2D eigenvalue weighted by molar-refractivity contribution is 6.33. The molecule has 0 heterocycles. The second-order valence-corrected chi connectivity index (χ2v) is 4.19. The first-order valence-electron chi connectivity index (χ1n) is 5.22. The molecule has 0 spiro atoms. The van der Waals surface area contributed by atoms with Crippen molar-refractivity contribution in [3.63, 3.8) is 0 Å². The van der Waals surface area contributed by atoms with Crippen LogP contribution in [0.5, 0.6) is 0 Å². The summed E-state index contributed by atoms with van der Waals surface area (Å²) in [5.41, 5.74) is 1.13. The van der Waals surface area contributed by atoms with Crippen LogP contribution in [0.15, 0.2) is 18.2 Å². The van der Waals surface area contributed by atoms with Crippen molar-refractivity contribution in [1.82, 2.24) is 0 Å². The molecule has 17 heavy (non-hydrogen) atoms. The minimum absolute atomic E-state index is 0.241. The van der Waals surface area contributed by atoms with Crippen molar-refractivity contribution in [2.24, 2.45) is 0 Å². The van der Waals surface area contributed by atoms with Crippen molar-refractivity contribution in [3.05, 3.63) is 28.8 Å². The summed E-state index contributed by atoms with van der Waals surface area (Å²) in [4.78, 5) is 12.7. The van der Waals surface area contributed by atoms with Crippen LogP contribution in [0.25, 0.3) is 0 Å². The van der Waals surface area contributed by atoms with Gasteiger partial charge in [0.15, 0.2) is 6.29 Å². The van der Waals surface area contributed by atoms with Crippen LogP contribution in [0, 0.1) is 0 Å². The number of carbonyl (C=O) groups is 1. The third-order valence-electron chi connectivity index (χ3n) is 2.37. The highest BCUT2D eigenvalue weighted by Crippen LogP contribution is 2.28. The summed E-state index contributed by atoms with van der Waals surface area (Å²) in [5.74, 6) is 0. The molecule has 0 aliphatic carbocycles. The first kappa shape index (κ1) is 14.0. The van der Waals surface area contributed by atoms with E-state index in [0.29, 0.717) is 22.8 Å². The van der Waals surface area contributed by atoms with E-state index in [1.165, 1.54) is 7.11 Å². The molecule has 1 N–H and O–H groups in total. The Morgan fingerprint density at radius 3 is 2.88 bits per heavy atom. The zero-order valence-electron chi connectivity index (χ0n) is 9.89. The van der Waals surface area contributed by atoms with E-state index in [1.54, 1.807) is 30.1 Å². The second kappa shape index (κ2) is 6.59. The summed E-state index contributed by atoms with van der Waals surface area (Å²) in [6, 6.07) is 5.12. The van der Waals surface area contributed by atoms with Crippen molar-refractivity contribution >= 4 is 23.6 Å². The van der Waals surface area contributed by atoms with Crippen LogP contribution in [0.2, 0.25) is 5.02 Å². The van der Waals surface area contributed by atoms with Crippen LogP contribution in [0.1, 0.15) is 10.4 Å². The predicted octanol–water partition coefficient (Wildman–Crippen LogP) is 1.60. The lowest BCUT2D eigenvalue weighted by molar-refractivity contribution is 0.0695. The van der Waals surface area contributed by atoms with Gasteiger partial charge in [-0.15, -0.1) is 0 Å². The average Bonchev–Trinajstić information content (AvgIpc) is 2.28. The maximum absolute atomic E-state index is 10.9. The molecule has 1 aromatic rings. The summed E-state index contributed by atoms with van der Waals surface area (Å²) in [5, 5.41) is 10.1. The van der Waals surface area contributed by atoms with Gasteiger partial charge in [-0.05, 0) is 12.1 Å². The Labute approximate surface area is 106 Å². The van der Waals surface area contributed by atoms with Gasteiger partial charge in [-0.2, -0.15) is 0 Å². The number of hydrogen-bond donors (Lipinski definition) is 1. The summed E-state index contributed by atoms with van der Waals surface area (Å²) in [7, 11) is 3.29. The van der Waals surface area contributed by atoms with Crippen molar-refractivity contribution in [2.75, 3.05) is 32.2 Å². The van der Waals surface area contributed by atoms with E-state index >= 15 is 0 Å². The highest BCUT2D eigenvalue weighted by atomic mass is 35.5. The Kier molecular flexibility index (Phi) is 5.41. The maximum atomic E-state index is 10.9. The van der Waals surface area contributed by atoms with E-state index in [0.717, 1.165) is 6.29 Å². The lowest BCUT2D eigenvalue weighted by atomic mass is 10.1. The van der Waals surface area contributed by atoms with E-state index in [1.807, 2.05) is 0 Å². The topological polar surface area (TPSA) is 49.8 Å². The molecule has 0 aromatic heterocycles. The van der Waals surface area contributed by atoms with Gasteiger partial charge in [0.1, 0.15) is 0 Å². The number of ether oxygens (including phenoxy) is 1. The lowest BCUT2D eigenvalue weighted by Gasteiger charge is -2.24. The molecule has 4 nitrogen and oxygen atoms in total. The quantitative estimate of drug-likeness (QED) is 0.787. The Hall–Kier alpha value is -1.10. The molecule has 1 aromatic carbocycles. The molecule has 0 amide bonds. The van der Waals surface area contributed by atoms with Gasteiger partial charge < -0.3 is 14.7 Å². The standard InChI is InChI=1S/C12H16ClNO3/c1-14(6-10(16)8-17-2)12-9(7-15)4-3-5-11(12)13/h3-5,7,10,16H,6,8H2,1-2H3. The monoisotopic (exact) mass is 257 g/mol. The van der Waals surface area contributed by atoms with Crippen molar-refractivity contribution in [2.45, 2.75) is 6.10 Å². The van der Waals surface area contributed by atoms with E-state index in [4.69, 9.17) is 16.3 Å². The van der Waals surface area contributed by atoms with Crippen LogP contribution >= 0.6 is 11.6 Å². The number of para-hydroxylation sites is 1. The number of carbonyl (C=O) groups excluding carboxylic acids is 1. The number of hydrogen-bond acceptors (Lipinski definition) is 4. The Balaban J connectivity index is 2.87. The SMILES string of the molecule is COCC(O)CN(C)c1c(Cl)cccc1C=O. The minimum atomic E-state index is -0.624. The van der Waals surface area contributed by atoms with Crippen molar-refractivity contribution < 1.29 is 14.6 Å². The summed E-state index contributed by atoms with van der Waals surface area (Å²) in [6.07, 6.45) is 0.126. The van der Waals surface area contributed by atoms with Gasteiger partial charge in [0.05, 0.1) is 23.4 Å². The smallest absolute Gasteiger partial charge is 0.152 e. The zero-order chi connectivity index (χ0) is 12.8. The third-order valence-corrected chi connectivity index (χ3v) is 2.68. The number of halogens is 1. The van der Waals surface area contributed by atoms with Crippen LogP contribution in [-0.4, -0.2) is 44.8 Å². The van der Waals surface area contributed by atoms with Gasteiger partial charge in [-0.3, -0.25) is 4.79 Å². The van der Waals surface area contributed by atoms with Gasteiger partial charge in [-0.1, -0.05) is 17.7 Å². The number of anilines is 1. The van der Waals surface area contributed by atoms with Gasteiger partial charge in [-0.25, -0.2) is 0 Å². The zero-order valence-corrected chi connectivity index (χ0v) is 10.6. The molecule has 1 unspecified atom stereocenters. The summed E-state index contributed by atoms with van der Waals surface area (Å²) < 4.78 is 4.85. The molecule has 0 aliphatic rings. The minimum Gasteiger partial charge on any atom is -0.389 e. The fourth-order valence-corrected chi connectivity index (χ4v) is 2.01. The molecule has 0 fully saturated rings. The Morgan fingerprint density at radius 1 is 1.59 bits per heavy atom. The normalized spacial score (nSPS) is 12.2. The van der Waals surface area contributed by atoms with Gasteiger partial charge >= 0.3 is 0 Å². The number of rotatable bonds is 6. The molecule has 1 atom stereocenters. The number of aldehydes is 1. The molecule has 94 valence electrons. The van der Waals surface area contributed by atoms with Crippen LogP contribution in [0.3, 0.4) is 0 Å². The fourth-order valence-electron chi connectivity index (χ4n) is 1.68. The molecule has 0 aliphatic heterocycles. The molecular weight excluding hydrogens is 242 g/mol. The van der Waals surface area contributed by atoms with Gasteiger partial charge in [0, 0.05) is 26.3 Å². The van der Waals surface area contributed by atoms with Crippen LogP contribution < -0.4 is 4.90 Å². The number of benzene rings is 1. The summed E-state index contributed by atoms with van der Waals surface area (Å²) in [6.45, 7) is 0.587. The third kappa shape index (κ3) is 3.70. The molecule has 0 saturated carbocycles. The van der Waals surface area contributed by atoms with Crippen molar-refractivity contribution in [3.8, 4) is 0 Å². The van der Waals surface area contributed by atoms with Crippen molar-refractivity contribution in [1.29, 1.82) is 0 Å². The van der Waals surface area contributed by atoms with E-state index in [9.17, 15) is 9.90 Å². The van der Waals surface area contributed by atoms with Crippen LogP contribution in [-0.2, 0) is 4.74 Å². The summed E-state index contributed by atoms with van der Waals surface area (Å²) >= 11 is 6.05. The second-order valence-electron chi connectivity index (χ2n) is 3.79. The number of nitrogens with zero attached hydrogens (tertiary/aromatic N) is 1. The first-order valence-corrected chi connectivity index (χ1v) is 5.59. The fraction of sp³-hybridized carbons (Fsp3) is 0.417. The van der Waals surface area contributed by atoms with E-state index in [2.05, 4.69) is 0 Å². The van der Waals surface area contributed by atoms with E-state index < -0.39 is 6.10 Å². The number of likely N-dealkylation sites (N-methyl/N-ethyl adjacent to an activating group) is 1. The van der Waals surface area contributed by atoms with Gasteiger partial charge in [0.2, 0.25) is 0 Å². The molecule has 5 heteroatoms. The lowest BCUT2D eigenvalue weighted by Crippen LogP contribution is -2.32. The van der Waals surface area contributed by atoms with E-state index in [-0.39, 0.29) is 6.61 Å². The Morgan fingerprint density at radius 2 is 2.29 bits per heavy atom. The molecule has 0 radical (unpaired) electrons. The maximum Gasteiger partial charge on any atom is 0.152 e. The number of aliphatic hydroxyl groups excluding tert-OH is 1. The molecule has 0 bridgehead atoms. The highest BCUT2D eigenvalue weighted by Gasteiger charge is 2.14. The van der Waals surface area contributed by atoms with Gasteiger partial charge in [0.25, 0.3) is 0 Å². The number of methoxy groups -OCH3 is 1. The predicted molar refractivity (Wildman–Crippen MR) is 68.0 cm³/mol. The first-order chi connectivity index (χ1) is 8.10.